The number of carboxylic acid groups (broad SMARTS) is 3. The van der Waals surface area contributed by atoms with Crippen LogP contribution in [0.5, 0.6) is 0 Å². The summed E-state index contributed by atoms with van der Waals surface area (Å²) < 4.78 is 95.2. The number of hydrogen-bond acceptors (Lipinski definition) is 7. The van der Waals surface area contributed by atoms with E-state index in [-0.39, 0.29) is 5.91 Å². The molecule has 2 saturated heterocycles. The average molecular weight is 664 g/mol. The van der Waals surface area contributed by atoms with E-state index in [2.05, 4.69) is 25.8 Å². The van der Waals surface area contributed by atoms with E-state index in [0.29, 0.717) is 25.0 Å². The normalized spacial score (nSPS) is 18.2. The van der Waals surface area contributed by atoms with E-state index >= 15 is 0 Å². The van der Waals surface area contributed by atoms with Gasteiger partial charge in [0.15, 0.2) is 0 Å². The van der Waals surface area contributed by atoms with Crippen LogP contribution in [0.2, 0.25) is 0 Å². The second-order valence-corrected chi connectivity index (χ2v) is 9.08. The van der Waals surface area contributed by atoms with Crippen LogP contribution < -0.4 is 0 Å². The quantitative estimate of drug-likeness (QED) is 0.405. The Bertz CT molecular complexity index is 1200. The van der Waals surface area contributed by atoms with Crippen LogP contribution in [0.1, 0.15) is 30.4 Å². The first kappa shape index (κ1) is 38.5. The number of aliphatic carboxylic acids is 3. The first-order chi connectivity index (χ1) is 20.6. The highest BCUT2D eigenvalue weighted by molar-refractivity contribution is 5.78. The maximum absolute atomic E-state index is 12.5. The van der Waals surface area contributed by atoms with Crippen LogP contribution in [-0.4, -0.2) is 96.1 Å². The number of alkyl halides is 9. The summed E-state index contributed by atoms with van der Waals surface area (Å²) >= 11 is 0. The first-order valence-corrected chi connectivity index (χ1v) is 12.4. The van der Waals surface area contributed by atoms with Crippen LogP contribution in [0, 0.1) is 0 Å². The van der Waals surface area contributed by atoms with Gasteiger partial charge in [0, 0.05) is 62.9 Å². The average Bonchev–Trinajstić information content (AvgIpc) is 3.33. The number of nitrogens with zero attached hydrogens (tertiary/aromatic N) is 4. The van der Waals surface area contributed by atoms with Crippen LogP contribution in [-0.2, 0) is 32.3 Å². The summed E-state index contributed by atoms with van der Waals surface area (Å²) in [5, 5.41) is 21.4. The molecule has 0 spiro atoms. The van der Waals surface area contributed by atoms with Crippen molar-refractivity contribution in [2.75, 3.05) is 6.54 Å². The van der Waals surface area contributed by atoms with Gasteiger partial charge < -0.3 is 20.2 Å². The Labute approximate surface area is 247 Å². The van der Waals surface area contributed by atoms with E-state index in [1.807, 2.05) is 30.6 Å². The number of aromatic nitrogens is 2. The standard InChI is InChI=1S/C19H22N4O.3C2HF3O2/c24-19-4-3-17-18(23(19)14-15-5-9-20-10-6-15)7-11-22(17)13-16-2-1-8-21-12-16;3*3-2(4,5)1(6)7/h1-2,5-6,8-10,12,17-18H,3-4,7,11,13-14H2;3*(H,6,7)/t17-,18-;;;/m1.../s1. The van der Waals surface area contributed by atoms with Gasteiger partial charge >= 0.3 is 36.4 Å². The zero-order chi connectivity index (χ0) is 34.6. The molecule has 1 amide bonds. The van der Waals surface area contributed by atoms with E-state index in [1.165, 1.54) is 5.56 Å². The molecule has 2 aliphatic heterocycles. The number of carboxylic acids is 3. The van der Waals surface area contributed by atoms with Gasteiger partial charge in [0.25, 0.3) is 0 Å². The molecule has 0 aromatic carbocycles. The number of carbonyl (C=O) groups is 4. The van der Waals surface area contributed by atoms with Gasteiger partial charge in [-0.1, -0.05) is 6.07 Å². The van der Waals surface area contributed by atoms with Gasteiger partial charge in [0.2, 0.25) is 5.91 Å². The molecular formula is C25H25F9N4O7. The van der Waals surface area contributed by atoms with Crippen molar-refractivity contribution in [2.45, 2.75) is 63.0 Å². The molecule has 250 valence electrons. The second-order valence-electron chi connectivity index (χ2n) is 9.08. The molecule has 0 aliphatic carbocycles. The van der Waals surface area contributed by atoms with E-state index < -0.39 is 36.4 Å². The zero-order valence-corrected chi connectivity index (χ0v) is 22.7. The topological polar surface area (TPSA) is 161 Å². The van der Waals surface area contributed by atoms with Crippen molar-refractivity contribution in [3.8, 4) is 0 Å². The molecule has 4 rings (SSSR count). The molecule has 0 saturated carbocycles. The molecule has 2 aromatic rings. The highest BCUT2D eigenvalue weighted by atomic mass is 19.4. The van der Waals surface area contributed by atoms with Gasteiger partial charge in [-0.2, -0.15) is 39.5 Å². The Morgan fingerprint density at radius 3 is 1.62 bits per heavy atom. The third-order valence-electron chi connectivity index (χ3n) is 5.94. The first-order valence-electron chi connectivity index (χ1n) is 12.4. The molecule has 2 aliphatic rings. The van der Waals surface area contributed by atoms with E-state index in [0.717, 1.165) is 31.5 Å². The lowest BCUT2D eigenvalue weighted by Crippen LogP contribution is -2.51. The van der Waals surface area contributed by atoms with Gasteiger partial charge in [0.05, 0.1) is 0 Å². The molecule has 2 aromatic heterocycles. The number of halogens is 9. The summed E-state index contributed by atoms with van der Waals surface area (Å²) in [6.45, 7) is 2.67. The molecule has 20 heteroatoms. The maximum atomic E-state index is 12.5. The van der Waals surface area contributed by atoms with Gasteiger partial charge in [-0.15, -0.1) is 0 Å². The van der Waals surface area contributed by atoms with Crippen LogP contribution in [0.4, 0.5) is 39.5 Å². The minimum absolute atomic E-state index is 0.288. The fourth-order valence-corrected chi connectivity index (χ4v) is 4.05. The molecule has 2 fully saturated rings. The number of amides is 1. The fourth-order valence-electron chi connectivity index (χ4n) is 4.05. The Morgan fingerprint density at radius 1 is 0.711 bits per heavy atom. The van der Waals surface area contributed by atoms with Crippen molar-refractivity contribution in [3.63, 3.8) is 0 Å². The Morgan fingerprint density at radius 2 is 1.20 bits per heavy atom. The number of fused-ring (bicyclic) bond motifs is 1. The number of likely N-dealkylation sites (tertiary alicyclic amines) is 2. The lowest BCUT2D eigenvalue weighted by Gasteiger charge is -2.40. The third-order valence-corrected chi connectivity index (χ3v) is 5.94. The summed E-state index contributed by atoms with van der Waals surface area (Å²) in [6, 6.07) is 8.91. The molecule has 3 N–H and O–H groups in total. The van der Waals surface area contributed by atoms with Crippen molar-refractivity contribution in [1.29, 1.82) is 0 Å². The number of carbonyl (C=O) groups excluding carboxylic acids is 1. The predicted octanol–water partition coefficient (Wildman–Crippen LogP) is 4.14. The monoisotopic (exact) mass is 664 g/mol. The SMILES string of the molecule is O=C(O)C(F)(F)F.O=C(O)C(F)(F)F.O=C(O)C(F)(F)F.O=C1CC[C@@H]2[C@@H](CCN2Cc2cccnc2)N1Cc1ccncc1. The lowest BCUT2D eigenvalue weighted by atomic mass is 9.95. The highest BCUT2D eigenvalue weighted by Gasteiger charge is 2.43. The smallest absolute Gasteiger partial charge is 0.475 e. The summed E-state index contributed by atoms with van der Waals surface area (Å²) in [5.74, 6) is -7.98. The zero-order valence-electron chi connectivity index (χ0n) is 22.7. The van der Waals surface area contributed by atoms with Crippen LogP contribution in [0.15, 0.2) is 49.1 Å². The summed E-state index contributed by atoms with van der Waals surface area (Å²) in [5.41, 5.74) is 2.40. The maximum Gasteiger partial charge on any atom is 0.490 e. The molecule has 0 radical (unpaired) electrons. The van der Waals surface area contributed by atoms with Crippen molar-refractivity contribution < 1.29 is 74.0 Å². The molecule has 2 atom stereocenters. The highest BCUT2D eigenvalue weighted by Crippen LogP contribution is 2.33. The molecule has 4 heterocycles. The molecule has 0 unspecified atom stereocenters. The largest absolute Gasteiger partial charge is 0.490 e. The predicted molar refractivity (Wildman–Crippen MR) is 132 cm³/mol. The Hall–Kier alpha value is -4.49. The number of pyridine rings is 2. The van der Waals surface area contributed by atoms with Gasteiger partial charge in [-0.05, 0) is 42.2 Å². The van der Waals surface area contributed by atoms with Gasteiger partial charge in [-0.25, -0.2) is 14.4 Å². The number of rotatable bonds is 4. The molecule has 11 nitrogen and oxygen atoms in total. The number of hydrogen-bond donors (Lipinski definition) is 3. The minimum atomic E-state index is -5.08. The van der Waals surface area contributed by atoms with E-state index in [9.17, 15) is 44.3 Å². The minimum Gasteiger partial charge on any atom is -0.475 e. The number of piperidine rings is 1. The van der Waals surface area contributed by atoms with Crippen LogP contribution in [0.25, 0.3) is 0 Å². The Kier molecular flexibility index (Phi) is 14.2. The molecule has 45 heavy (non-hydrogen) atoms. The molecular weight excluding hydrogens is 639 g/mol. The van der Waals surface area contributed by atoms with Crippen molar-refractivity contribution in [3.05, 3.63) is 60.2 Å². The summed E-state index contributed by atoms with van der Waals surface area (Å²) in [6.07, 6.45) is -5.23. The fraction of sp³-hybridized carbons (Fsp3) is 0.440. The summed E-state index contributed by atoms with van der Waals surface area (Å²) in [7, 11) is 0. The van der Waals surface area contributed by atoms with E-state index in [4.69, 9.17) is 29.7 Å². The van der Waals surface area contributed by atoms with Crippen molar-refractivity contribution in [1.82, 2.24) is 19.8 Å². The van der Waals surface area contributed by atoms with Gasteiger partial charge in [0.1, 0.15) is 0 Å². The summed E-state index contributed by atoms with van der Waals surface area (Å²) in [4.78, 5) is 52.1. The van der Waals surface area contributed by atoms with Crippen molar-refractivity contribution >= 4 is 23.8 Å². The Balaban J connectivity index is 0.000000396. The van der Waals surface area contributed by atoms with Crippen LogP contribution in [0.3, 0.4) is 0 Å². The van der Waals surface area contributed by atoms with Crippen molar-refractivity contribution in [2.24, 2.45) is 0 Å². The second kappa shape index (κ2) is 16.5. The molecule has 0 bridgehead atoms. The van der Waals surface area contributed by atoms with E-state index in [1.54, 1.807) is 12.4 Å². The third kappa shape index (κ3) is 13.8. The van der Waals surface area contributed by atoms with Crippen LogP contribution >= 0.6 is 0 Å². The van der Waals surface area contributed by atoms with Gasteiger partial charge in [-0.3, -0.25) is 19.7 Å². The lowest BCUT2D eigenvalue weighted by molar-refractivity contribution is -0.193.